The number of halogens is 4. The number of rotatable bonds is 10. The summed E-state index contributed by atoms with van der Waals surface area (Å²) in [4.78, 5) is 17.1. The van der Waals surface area contributed by atoms with Crippen LogP contribution < -0.4 is 20.1 Å². The first-order valence-corrected chi connectivity index (χ1v) is 16.4. The number of amides is 1. The molecule has 0 saturated carbocycles. The third-order valence-corrected chi connectivity index (χ3v) is 6.97. The number of nitrogens with one attached hydrogen (secondary N) is 2. The minimum Gasteiger partial charge on any atom is -0.493 e. The van der Waals surface area contributed by atoms with Gasteiger partial charge in [0.2, 0.25) is 5.60 Å². The summed E-state index contributed by atoms with van der Waals surface area (Å²) in [5.74, 6) is -1.12. The van der Waals surface area contributed by atoms with E-state index in [4.69, 9.17) is 14.6 Å². The van der Waals surface area contributed by atoms with Gasteiger partial charge in [-0.1, -0.05) is 22.3 Å². The number of carbonyl (C=O) groups excluding carboxylic acids is 1. The van der Waals surface area contributed by atoms with E-state index in [1.54, 1.807) is 6.07 Å². The van der Waals surface area contributed by atoms with Crippen LogP contribution in [0.1, 0.15) is 54.2 Å². The summed E-state index contributed by atoms with van der Waals surface area (Å²) in [6.07, 6.45) is -3.86. The van der Waals surface area contributed by atoms with Crippen molar-refractivity contribution in [2.24, 2.45) is 0 Å². The van der Waals surface area contributed by atoms with Crippen LogP contribution in [0.4, 0.5) is 17.6 Å². The highest BCUT2D eigenvalue weighted by atomic mass is 32.7. The van der Waals surface area contributed by atoms with Gasteiger partial charge in [-0.15, -0.1) is 0 Å². The standard InChI is InChI=1S/C29H31F4N3O5.C2H6.H3PS/c1-40-25-15-20(4-7-24(25)41-13-12-37)27(38)35-17-28(39,29(31,32)33)26-16-21(18-8-10-34-11-9-18)14-23(36-26)19-2-5-22(30)6-3-19;2*1-2/h2-7,14-16,18,34,37,39H,8-13,17H2,1H3,(H,35,38);1-2H3;2H,1H2. The van der Waals surface area contributed by atoms with E-state index in [9.17, 15) is 27.5 Å². The van der Waals surface area contributed by atoms with Gasteiger partial charge in [0.15, 0.2) is 11.5 Å². The van der Waals surface area contributed by atoms with Crippen LogP contribution in [0.5, 0.6) is 11.5 Å². The number of hydrogen-bond donors (Lipinski definition) is 5. The van der Waals surface area contributed by atoms with Crippen molar-refractivity contribution in [3.63, 3.8) is 0 Å². The number of piperidine rings is 1. The first-order valence-electron chi connectivity index (χ1n) is 14.3. The summed E-state index contributed by atoms with van der Waals surface area (Å²) in [5, 5.41) is 25.5. The lowest BCUT2D eigenvalue weighted by Gasteiger charge is -2.32. The number of carbonyl (C=O) groups is 1. The van der Waals surface area contributed by atoms with Crippen molar-refractivity contribution in [1.82, 2.24) is 15.6 Å². The summed E-state index contributed by atoms with van der Waals surface area (Å²) >= 11 is 3.44. The van der Waals surface area contributed by atoms with Gasteiger partial charge in [-0.3, -0.25) is 4.79 Å². The number of aliphatic hydroxyl groups excluding tert-OH is 1. The second-order valence-corrected chi connectivity index (χ2v) is 9.68. The molecule has 0 radical (unpaired) electrons. The molecule has 4 N–H and O–H groups in total. The van der Waals surface area contributed by atoms with Crippen molar-refractivity contribution in [1.29, 1.82) is 0 Å². The third kappa shape index (κ3) is 10.0. The fourth-order valence-corrected chi connectivity index (χ4v) is 4.65. The molecule has 2 unspecified atom stereocenters. The number of ether oxygens (including phenoxy) is 2. The topological polar surface area (TPSA) is 113 Å². The summed E-state index contributed by atoms with van der Waals surface area (Å²) in [5.41, 5.74) is -3.15. The normalized spacial score (nSPS) is 14.6. The number of alkyl halides is 3. The Morgan fingerprint density at radius 3 is 2.29 bits per heavy atom. The highest BCUT2D eigenvalue weighted by Crippen LogP contribution is 2.40. The van der Waals surface area contributed by atoms with Crippen molar-refractivity contribution >= 4 is 26.6 Å². The fraction of sp³-hybridized carbons (Fsp3) is 0.419. The van der Waals surface area contributed by atoms with Gasteiger partial charge in [0.25, 0.3) is 5.91 Å². The number of thiol groups is 1. The predicted molar refractivity (Wildman–Crippen MR) is 172 cm³/mol. The second kappa shape index (κ2) is 18.3. The van der Waals surface area contributed by atoms with Gasteiger partial charge < -0.3 is 30.3 Å². The molecule has 1 aliphatic rings. The Kier molecular flexibility index (Phi) is 15.5. The molecule has 1 fully saturated rings. The molecule has 2 heterocycles. The zero-order valence-corrected chi connectivity index (χ0v) is 27.4. The van der Waals surface area contributed by atoms with Crippen LogP contribution in [0.25, 0.3) is 11.3 Å². The molecule has 1 aromatic heterocycles. The lowest BCUT2D eigenvalue weighted by Crippen LogP contribution is -2.51. The molecular formula is C31H40F4N3O5PS. The minimum absolute atomic E-state index is 0.0239. The molecule has 45 heavy (non-hydrogen) atoms. The van der Waals surface area contributed by atoms with Crippen molar-refractivity contribution in [3.8, 4) is 22.8 Å². The Labute approximate surface area is 268 Å². The Hall–Kier alpha value is -2.96. The maximum Gasteiger partial charge on any atom is 0.424 e. The number of hydrogen-bond acceptors (Lipinski definition) is 8. The van der Waals surface area contributed by atoms with E-state index in [1.165, 1.54) is 55.6 Å². The largest absolute Gasteiger partial charge is 0.493 e. The summed E-state index contributed by atoms with van der Waals surface area (Å²) in [6.45, 7) is 3.87. The van der Waals surface area contributed by atoms with Crippen molar-refractivity contribution in [2.45, 2.75) is 44.4 Å². The number of benzene rings is 2. The molecule has 14 heteroatoms. The van der Waals surface area contributed by atoms with Crippen LogP contribution in [0.15, 0.2) is 54.6 Å². The SMILES string of the molecule is CC.COc1cc(C(=O)NCC(O)(c2cc(C3CCNCC3)cc(-c3ccc(F)cc3)n2)C(F)(F)F)ccc1OCCO.PS. The summed E-state index contributed by atoms with van der Waals surface area (Å²) < 4.78 is 67.7. The Balaban J connectivity index is 0.00000169. The van der Waals surface area contributed by atoms with E-state index in [0.29, 0.717) is 37.1 Å². The molecule has 1 amide bonds. The maximum absolute atomic E-state index is 14.5. The van der Waals surface area contributed by atoms with Crippen molar-refractivity contribution in [3.05, 3.63) is 77.2 Å². The molecule has 1 saturated heterocycles. The molecule has 0 bridgehead atoms. The number of pyridine rings is 1. The molecule has 1 aliphatic heterocycles. The van der Waals surface area contributed by atoms with Crippen LogP contribution in [-0.2, 0) is 5.60 Å². The van der Waals surface area contributed by atoms with Crippen molar-refractivity contribution < 1.29 is 42.0 Å². The maximum atomic E-state index is 14.5. The molecule has 2 atom stereocenters. The molecule has 0 spiro atoms. The number of aromatic nitrogens is 1. The fourth-order valence-electron chi connectivity index (χ4n) is 4.65. The summed E-state index contributed by atoms with van der Waals surface area (Å²) in [7, 11) is 3.44. The Morgan fingerprint density at radius 1 is 1.07 bits per heavy atom. The second-order valence-electron chi connectivity index (χ2n) is 9.68. The molecule has 0 aliphatic carbocycles. The van der Waals surface area contributed by atoms with Gasteiger partial charge >= 0.3 is 6.18 Å². The molecule has 2 aromatic carbocycles. The van der Waals surface area contributed by atoms with Crippen LogP contribution in [-0.4, -0.2) is 67.2 Å². The Bertz CT molecular complexity index is 1360. The lowest BCUT2D eigenvalue weighted by molar-refractivity contribution is -0.265. The number of nitrogens with zero attached hydrogens (tertiary/aromatic N) is 1. The minimum atomic E-state index is -5.21. The molecule has 4 rings (SSSR count). The van der Waals surface area contributed by atoms with E-state index in [-0.39, 0.29) is 41.9 Å². The number of methoxy groups -OCH3 is 1. The smallest absolute Gasteiger partial charge is 0.424 e. The van der Waals surface area contributed by atoms with Crippen LogP contribution in [0.2, 0.25) is 0 Å². The van der Waals surface area contributed by atoms with E-state index in [0.717, 1.165) is 0 Å². The molecule has 248 valence electrons. The van der Waals surface area contributed by atoms with E-state index >= 15 is 0 Å². The average molecular weight is 674 g/mol. The zero-order chi connectivity index (χ0) is 33.6. The average Bonchev–Trinajstić information content (AvgIpc) is 3.07. The van der Waals surface area contributed by atoms with Gasteiger partial charge in [-0.2, -0.15) is 25.4 Å². The molecular weight excluding hydrogens is 633 g/mol. The van der Waals surface area contributed by atoms with Gasteiger partial charge in [0.05, 0.1) is 31.6 Å². The van der Waals surface area contributed by atoms with Crippen molar-refractivity contribution in [2.75, 3.05) is 40.0 Å². The van der Waals surface area contributed by atoms with E-state index in [1.807, 2.05) is 13.8 Å². The van der Waals surface area contributed by atoms with Gasteiger partial charge in [0, 0.05) is 11.1 Å². The molecule has 8 nitrogen and oxygen atoms in total. The van der Waals surface area contributed by atoms with Gasteiger partial charge in [-0.25, -0.2) is 9.37 Å². The molecule has 3 aromatic rings. The van der Waals surface area contributed by atoms with Crippen LogP contribution in [0.3, 0.4) is 0 Å². The zero-order valence-electron chi connectivity index (χ0n) is 25.3. The monoisotopic (exact) mass is 673 g/mol. The van der Waals surface area contributed by atoms with E-state index < -0.39 is 35.7 Å². The Morgan fingerprint density at radius 2 is 1.71 bits per heavy atom. The predicted octanol–water partition coefficient (Wildman–Crippen LogP) is 5.65. The van der Waals surface area contributed by atoms with Crippen LogP contribution >= 0.6 is 20.7 Å². The number of aliphatic hydroxyl groups is 2. The van der Waals surface area contributed by atoms with Gasteiger partial charge in [-0.05, 0) is 92.0 Å². The van der Waals surface area contributed by atoms with Crippen LogP contribution in [0, 0.1) is 5.82 Å². The first-order chi connectivity index (χ1) is 21.6. The third-order valence-electron chi connectivity index (χ3n) is 6.97. The quantitative estimate of drug-likeness (QED) is 0.108. The van der Waals surface area contributed by atoms with Gasteiger partial charge in [0.1, 0.15) is 12.4 Å². The highest BCUT2D eigenvalue weighted by Gasteiger charge is 2.56. The highest BCUT2D eigenvalue weighted by molar-refractivity contribution is 8.31. The lowest BCUT2D eigenvalue weighted by atomic mass is 9.87. The first kappa shape index (κ1) is 38.2. The van der Waals surface area contributed by atoms with E-state index in [2.05, 4.69) is 36.3 Å². The summed E-state index contributed by atoms with van der Waals surface area (Å²) in [6, 6.07) is 12.0.